The molecule has 9 heteroatoms. The van der Waals surface area contributed by atoms with Crippen molar-refractivity contribution < 1.29 is 27.8 Å². The molecule has 188 valence electrons. The molecule has 0 bridgehead atoms. The van der Waals surface area contributed by atoms with Crippen LogP contribution in [-0.2, 0) is 17.6 Å². The fourth-order valence-corrected chi connectivity index (χ4v) is 5.70. The molecule has 3 aromatic rings. The fraction of sp³-hybridized carbons (Fsp3) is 0.296. The molecule has 5 nitrogen and oxygen atoms in total. The zero-order valence-electron chi connectivity index (χ0n) is 19.4. The Morgan fingerprint density at radius 3 is 2.56 bits per heavy atom. The van der Waals surface area contributed by atoms with E-state index in [1.165, 1.54) is 12.1 Å². The number of carboxylic acid groups (broad SMARTS) is 1. The van der Waals surface area contributed by atoms with Gasteiger partial charge >= 0.3 is 12.1 Å². The third-order valence-electron chi connectivity index (χ3n) is 6.57. The van der Waals surface area contributed by atoms with E-state index in [1.54, 1.807) is 30.3 Å². The second-order valence-electron chi connectivity index (χ2n) is 9.17. The molecule has 0 aliphatic carbocycles. The van der Waals surface area contributed by atoms with Crippen molar-refractivity contribution in [1.29, 1.82) is 0 Å². The van der Waals surface area contributed by atoms with Crippen LogP contribution in [0.1, 0.15) is 17.5 Å². The summed E-state index contributed by atoms with van der Waals surface area (Å²) >= 11 is 1.04. The molecule has 2 unspecified atom stereocenters. The van der Waals surface area contributed by atoms with Crippen LogP contribution in [0.5, 0.6) is 5.75 Å². The third kappa shape index (κ3) is 5.47. The van der Waals surface area contributed by atoms with E-state index in [9.17, 15) is 23.1 Å². The third-order valence-corrected chi connectivity index (χ3v) is 7.64. The molecule has 2 heterocycles. The molecule has 0 amide bonds. The molecular formula is C27H25F3N2O3S. The quantitative estimate of drug-likeness (QED) is 0.385. The Morgan fingerprint density at radius 2 is 1.81 bits per heavy atom. The lowest BCUT2D eigenvalue weighted by atomic mass is 10.0. The molecule has 0 saturated carbocycles. The van der Waals surface area contributed by atoms with Gasteiger partial charge in [0.1, 0.15) is 12.4 Å². The number of alkyl halides is 3. The number of carbonyl (C=O) groups is 1. The molecule has 1 N–H and O–H groups in total. The number of hydrogen-bond acceptors (Lipinski definition) is 5. The summed E-state index contributed by atoms with van der Waals surface area (Å²) in [7, 11) is 0. The van der Waals surface area contributed by atoms with Gasteiger partial charge in [0.15, 0.2) is 0 Å². The smallest absolute Gasteiger partial charge is 0.417 e. The molecule has 36 heavy (non-hydrogen) atoms. The second kappa shape index (κ2) is 9.71. The minimum atomic E-state index is -4.53. The van der Waals surface area contributed by atoms with Gasteiger partial charge in [-0.25, -0.2) is 0 Å². The second-order valence-corrected chi connectivity index (χ2v) is 10.3. The number of fused-ring (bicyclic) bond motifs is 1. The first-order valence-electron chi connectivity index (χ1n) is 11.6. The van der Waals surface area contributed by atoms with Crippen LogP contribution < -0.4 is 9.64 Å². The Balaban J connectivity index is 1.34. The molecule has 2 atom stereocenters. The van der Waals surface area contributed by atoms with Crippen LogP contribution >= 0.6 is 11.8 Å². The standard InChI is InChI=1S/C27H25F3N2O3S/c28-27(29,30)23-13-20(31-11-12-32-18-26(32,17-31)15-25(33)34)9-10-24(23)36-22-8-4-7-21(14-22)35-16-19-5-2-1-3-6-19/h1-10,13-14H,11-12,15-18H2,(H,33,34). The predicted molar refractivity (Wildman–Crippen MR) is 132 cm³/mol. The van der Waals surface area contributed by atoms with E-state index in [0.717, 1.165) is 17.3 Å². The molecule has 5 rings (SSSR count). The van der Waals surface area contributed by atoms with E-state index in [2.05, 4.69) is 4.90 Å². The average molecular weight is 515 g/mol. The van der Waals surface area contributed by atoms with Gasteiger partial charge < -0.3 is 14.7 Å². The first kappa shape index (κ1) is 24.5. The number of nitrogens with zero attached hydrogens (tertiary/aromatic N) is 2. The first-order chi connectivity index (χ1) is 17.2. The summed E-state index contributed by atoms with van der Waals surface area (Å²) in [4.78, 5) is 16.0. The largest absolute Gasteiger partial charge is 0.489 e. The molecule has 0 radical (unpaired) electrons. The number of hydrogen-bond donors (Lipinski definition) is 1. The maximum atomic E-state index is 14.1. The average Bonchev–Trinajstić information content (AvgIpc) is 3.55. The Labute approximate surface area is 211 Å². The van der Waals surface area contributed by atoms with Crippen molar-refractivity contribution in [3.63, 3.8) is 0 Å². The monoisotopic (exact) mass is 514 g/mol. The highest BCUT2D eigenvalue weighted by atomic mass is 32.2. The van der Waals surface area contributed by atoms with E-state index in [4.69, 9.17) is 4.74 Å². The van der Waals surface area contributed by atoms with Crippen LogP contribution in [0.15, 0.2) is 82.6 Å². The lowest BCUT2D eigenvalue weighted by molar-refractivity contribution is -0.140. The molecule has 2 aliphatic rings. The van der Waals surface area contributed by atoms with Crippen LogP contribution in [0.25, 0.3) is 0 Å². The number of benzene rings is 3. The Bertz CT molecular complexity index is 1250. The summed E-state index contributed by atoms with van der Waals surface area (Å²) in [6.45, 7) is 2.64. The fourth-order valence-electron chi connectivity index (χ4n) is 4.71. The normalized spacial score (nSPS) is 21.1. The summed E-state index contributed by atoms with van der Waals surface area (Å²) in [5, 5.41) is 9.25. The van der Waals surface area contributed by atoms with Gasteiger partial charge in [-0.05, 0) is 42.0 Å². The molecule has 0 aromatic heterocycles. The highest BCUT2D eigenvalue weighted by Gasteiger charge is 2.56. The minimum absolute atomic E-state index is 0.00769. The highest BCUT2D eigenvalue weighted by molar-refractivity contribution is 7.99. The Kier molecular flexibility index (Phi) is 6.61. The topological polar surface area (TPSA) is 52.8 Å². The zero-order valence-corrected chi connectivity index (χ0v) is 20.2. The first-order valence-corrected chi connectivity index (χ1v) is 12.4. The number of halogens is 3. The SMILES string of the molecule is O=C(O)CC12CN(c3ccc(Sc4cccc(OCc5ccccc5)c4)c(C(F)(F)F)c3)CCN1C2. The van der Waals surface area contributed by atoms with Gasteiger partial charge in [-0.1, -0.05) is 48.2 Å². The van der Waals surface area contributed by atoms with Crippen LogP contribution in [0.3, 0.4) is 0 Å². The maximum absolute atomic E-state index is 14.1. The number of rotatable bonds is 8. The van der Waals surface area contributed by atoms with Crippen molar-refractivity contribution in [3.05, 3.63) is 83.9 Å². The minimum Gasteiger partial charge on any atom is -0.489 e. The van der Waals surface area contributed by atoms with E-state index in [-0.39, 0.29) is 11.3 Å². The maximum Gasteiger partial charge on any atom is 0.417 e. The van der Waals surface area contributed by atoms with Gasteiger partial charge in [0.2, 0.25) is 0 Å². The van der Waals surface area contributed by atoms with Crippen molar-refractivity contribution in [3.8, 4) is 5.75 Å². The highest BCUT2D eigenvalue weighted by Crippen LogP contribution is 2.44. The molecule has 3 aromatic carbocycles. The zero-order chi connectivity index (χ0) is 25.3. The molecule has 2 saturated heterocycles. The number of piperazine rings is 1. The summed E-state index contributed by atoms with van der Waals surface area (Å²) in [6, 6.07) is 21.1. The number of ether oxygens (including phenoxy) is 1. The van der Waals surface area contributed by atoms with Gasteiger partial charge in [-0.2, -0.15) is 13.2 Å². The van der Waals surface area contributed by atoms with Crippen LogP contribution in [0.2, 0.25) is 0 Å². The van der Waals surface area contributed by atoms with E-state index >= 15 is 0 Å². The van der Waals surface area contributed by atoms with Crippen LogP contribution in [-0.4, -0.2) is 47.7 Å². The molecule has 2 fully saturated rings. The van der Waals surface area contributed by atoms with Crippen molar-refractivity contribution in [2.45, 2.75) is 34.5 Å². The Morgan fingerprint density at radius 1 is 1.00 bits per heavy atom. The van der Waals surface area contributed by atoms with Gasteiger partial charge in [0.25, 0.3) is 0 Å². The van der Waals surface area contributed by atoms with E-state index < -0.39 is 23.2 Å². The van der Waals surface area contributed by atoms with Crippen LogP contribution in [0.4, 0.5) is 18.9 Å². The summed E-state index contributed by atoms with van der Waals surface area (Å²) in [6.07, 6.45) is -4.54. The van der Waals surface area contributed by atoms with Crippen molar-refractivity contribution in [2.75, 3.05) is 31.1 Å². The van der Waals surface area contributed by atoms with E-state index in [0.29, 0.717) is 49.1 Å². The Hall–Kier alpha value is -3.17. The van der Waals surface area contributed by atoms with Gasteiger partial charge in [0.05, 0.1) is 17.5 Å². The van der Waals surface area contributed by atoms with Crippen molar-refractivity contribution in [2.24, 2.45) is 0 Å². The van der Waals surface area contributed by atoms with Gasteiger partial charge in [-0.15, -0.1) is 0 Å². The lowest BCUT2D eigenvalue weighted by Gasteiger charge is -2.34. The summed E-state index contributed by atoms with van der Waals surface area (Å²) in [5.74, 6) is -0.308. The van der Waals surface area contributed by atoms with Crippen LogP contribution in [0, 0.1) is 0 Å². The molecule has 0 spiro atoms. The predicted octanol–water partition coefficient (Wildman–Crippen LogP) is 5.78. The van der Waals surface area contributed by atoms with Crippen molar-refractivity contribution >= 4 is 23.4 Å². The van der Waals surface area contributed by atoms with Gasteiger partial charge in [-0.3, -0.25) is 9.69 Å². The molecular weight excluding hydrogens is 489 g/mol. The number of anilines is 1. The number of aliphatic carboxylic acids is 1. The summed E-state index contributed by atoms with van der Waals surface area (Å²) in [5.41, 5.74) is 0.285. The van der Waals surface area contributed by atoms with E-state index in [1.807, 2.05) is 35.2 Å². The van der Waals surface area contributed by atoms with Crippen molar-refractivity contribution in [1.82, 2.24) is 4.90 Å². The number of carboxylic acids is 1. The molecule has 2 aliphatic heterocycles. The lowest BCUT2D eigenvalue weighted by Crippen LogP contribution is -2.46. The van der Waals surface area contributed by atoms with Gasteiger partial charge in [0, 0.05) is 41.7 Å². The summed E-state index contributed by atoms with van der Waals surface area (Å²) < 4.78 is 48.1.